The van der Waals surface area contributed by atoms with Gasteiger partial charge in [0.1, 0.15) is 10.4 Å². The van der Waals surface area contributed by atoms with Crippen LogP contribution in [0.3, 0.4) is 0 Å². The zero-order chi connectivity index (χ0) is 19.9. The van der Waals surface area contributed by atoms with E-state index in [4.69, 9.17) is 4.42 Å². The molecule has 9 heteroatoms. The number of oxazole rings is 1. The third kappa shape index (κ3) is 3.45. The number of sulfone groups is 1. The summed E-state index contributed by atoms with van der Waals surface area (Å²) in [6.07, 6.45) is 2.41. The van der Waals surface area contributed by atoms with Gasteiger partial charge in [0.05, 0.1) is 4.90 Å². The summed E-state index contributed by atoms with van der Waals surface area (Å²) < 4.78 is 57.7. The van der Waals surface area contributed by atoms with Crippen LogP contribution >= 0.6 is 0 Å². The molecule has 7 nitrogen and oxygen atoms in total. The van der Waals surface area contributed by atoms with Crippen LogP contribution in [0.5, 0.6) is 0 Å². The van der Waals surface area contributed by atoms with Gasteiger partial charge in [-0.05, 0) is 37.1 Å². The number of sulfonamides is 1. The summed E-state index contributed by atoms with van der Waals surface area (Å²) in [5, 5.41) is 0. The molecule has 28 heavy (non-hydrogen) atoms. The molecule has 3 aromatic rings. The Bertz CT molecular complexity index is 1200. The van der Waals surface area contributed by atoms with Crippen molar-refractivity contribution in [1.29, 1.82) is 0 Å². The van der Waals surface area contributed by atoms with E-state index in [1.54, 1.807) is 0 Å². The average molecular weight is 421 g/mol. The quantitative estimate of drug-likeness (QED) is 0.644. The predicted octanol–water partition coefficient (Wildman–Crippen LogP) is 2.80. The van der Waals surface area contributed by atoms with E-state index in [1.165, 1.54) is 28.6 Å². The maximum absolute atomic E-state index is 13.2. The summed E-state index contributed by atoms with van der Waals surface area (Å²) in [6, 6.07) is 13.1. The Morgan fingerprint density at radius 2 is 1.68 bits per heavy atom. The highest BCUT2D eigenvalue weighted by atomic mass is 32.2. The second-order valence-electron chi connectivity index (χ2n) is 6.94. The summed E-state index contributed by atoms with van der Waals surface area (Å²) in [5.41, 5.74) is 1.40. The van der Waals surface area contributed by atoms with Gasteiger partial charge in [0.25, 0.3) is 0 Å². The van der Waals surface area contributed by atoms with E-state index in [1.807, 2.05) is 24.3 Å². The molecule has 4 rings (SSSR count). The van der Waals surface area contributed by atoms with Gasteiger partial charge in [-0.1, -0.05) is 24.3 Å². The van der Waals surface area contributed by atoms with Crippen LogP contribution in [-0.4, -0.2) is 45.5 Å². The molecular weight excluding hydrogens is 400 g/mol. The Kier molecular flexibility index (Phi) is 4.76. The fraction of sp³-hybridized carbons (Fsp3) is 0.316. The number of aromatic nitrogens is 1. The van der Waals surface area contributed by atoms with Gasteiger partial charge in [-0.25, -0.2) is 21.8 Å². The minimum absolute atomic E-state index is 0.179. The van der Waals surface area contributed by atoms with E-state index in [0.717, 1.165) is 18.2 Å². The first-order chi connectivity index (χ1) is 13.3. The molecule has 1 unspecified atom stereocenters. The zero-order valence-electron chi connectivity index (χ0n) is 15.3. The zero-order valence-corrected chi connectivity index (χ0v) is 16.9. The summed E-state index contributed by atoms with van der Waals surface area (Å²) >= 11 is 0. The molecule has 1 saturated heterocycles. The number of para-hydroxylation sites is 2. The molecule has 0 amide bonds. The molecule has 1 aliphatic rings. The van der Waals surface area contributed by atoms with Crippen molar-refractivity contribution < 1.29 is 21.3 Å². The van der Waals surface area contributed by atoms with Crippen molar-refractivity contribution in [2.75, 3.05) is 19.3 Å². The largest absolute Gasteiger partial charge is 0.440 e. The van der Waals surface area contributed by atoms with Gasteiger partial charge in [0.2, 0.25) is 10.0 Å². The number of fused-ring (bicyclic) bond motifs is 1. The lowest BCUT2D eigenvalue weighted by molar-refractivity contribution is 0.288. The van der Waals surface area contributed by atoms with E-state index < -0.39 is 19.9 Å². The minimum Gasteiger partial charge on any atom is -0.440 e. The molecule has 0 spiro atoms. The van der Waals surface area contributed by atoms with Crippen LogP contribution < -0.4 is 0 Å². The Labute approximate surface area is 164 Å². The van der Waals surface area contributed by atoms with Crippen LogP contribution in [0.25, 0.3) is 11.1 Å². The van der Waals surface area contributed by atoms with Crippen molar-refractivity contribution in [2.24, 2.45) is 0 Å². The Morgan fingerprint density at radius 1 is 1.00 bits per heavy atom. The molecule has 0 saturated carbocycles. The highest BCUT2D eigenvalue weighted by Crippen LogP contribution is 2.33. The average Bonchev–Trinajstić information content (AvgIpc) is 3.12. The smallest absolute Gasteiger partial charge is 0.244 e. The SMILES string of the molecule is CS(=O)(=O)c1ccccc1S(=O)(=O)N1CCCC(c2nc3ccccc3o2)C1. The lowest BCUT2D eigenvalue weighted by Crippen LogP contribution is -2.39. The predicted molar refractivity (Wildman–Crippen MR) is 104 cm³/mol. The van der Waals surface area contributed by atoms with Gasteiger partial charge in [-0.3, -0.25) is 0 Å². The van der Waals surface area contributed by atoms with Crippen LogP contribution in [0.15, 0.2) is 62.7 Å². The lowest BCUT2D eigenvalue weighted by Gasteiger charge is -2.30. The van der Waals surface area contributed by atoms with E-state index in [0.29, 0.717) is 24.4 Å². The van der Waals surface area contributed by atoms with Crippen molar-refractivity contribution in [1.82, 2.24) is 9.29 Å². The number of piperidine rings is 1. The van der Waals surface area contributed by atoms with Crippen molar-refractivity contribution in [3.63, 3.8) is 0 Å². The fourth-order valence-corrected chi connectivity index (χ4v) is 6.66. The number of nitrogens with zero attached hydrogens (tertiary/aromatic N) is 2. The van der Waals surface area contributed by atoms with Gasteiger partial charge in [0.15, 0.2) is 21.3 Å². The van der Waals surface area contributed by atoms with Crippen molar-refractivity contribution in [3.05, 3.63) is 54.4 Å². The molecule has 148 valence electrons. The molecule has 1 aliphatic heterocycles. The lowest BCUT2D eigenvalue weighted by atomic mass is 10.00. The maximum atomic E-state index is 13.2. The van der Waals surface area contributed by atoms with Crippen LogP contribution in [0, 0.1) is 0 Å². The Balaban J connectivity index is 1.68. The molecule has 0 N–H and O–H groups in total. The van der Waals surface area contributed by atoms with Crippen LogP contribution in [0.2, 0.25) is 0 Å². The number of hydrogen-bond donors (Lipinski definition) is 0. The minimum atomic E-state index is -3.96. The van der Waals surface area contributed by atoms with E-state index >= 15 is 0 Å². The summed E-state index contributed by atoms with van der Waals surface area (Å²) in [4.78, 5) is 4.13. The van der Waals surface area contributed by atoms with Gasteiger partial charge in [0, 0.05) is 25.3 Å². The fourth-order valence-electron chi connectivity index (χ4n) is 3.54. The highest BCUT2D eigenvalue weighted by Gasteiger charge is 2.35. The third-order valence-electron chi connectivity index (χ3n) is 4.91. The monoisotopic (exact) mass is 420 g/mol. The van der Waals surface area contributed by atoms with E-state index in [2.05, 4.69) is 4.98 Å². The van der Waals surface area contributed by atoms with Gasteiger partial charge >= 0.3 is 0 Å². The maximum Gasteiger partial charge on any atom is 0.244 e. The normalized spacial score (nSPS) is 19.1. The summed E-state index contributed by atoms with van der Waals surface area (Å²) in [5.74, 6) is 0.332. The molecule has 0 aliphatic carbocycles. The molecule has 2 heterocycles. The van der Waals surface area contributed by atoms with Crippen LogP contribution in [0.4, 0.5) is 0 Å². The Hall–Kier alpha value is -2.23. The Morgan fingerprint density at radius 3 is 2.39 bits per heavy atom. The highest BCUT2D eigenvalue weighted by molar-refractivity contribution is 7.93. The molecule has 1 aromatic heterocycles. The van der Waals surface area contributed by atoms with Crippen LogP contribution in [-0.2, 0) is 19.9 Å². The van der Waals surface area contributed by atoms with Crippen molar-refractivity contribution in [3.8, 4) is 0 Å². The summed E-state index contributed by atoms with van der Waals surface area (Å²) in [6.45, 7) is 0.532. The molecule has 1 atom stereocenters. The number of hydrogen-bond acceptors (Lipinski definition) is 6. The summed E-state index contributed by atoms with van der Waals surface area (Å²) in [7, 11) is -7.64. The van der Waals surface area contributed by atoms with Crippen molar-refractivity contribution >= 4 is 31.0 Å². The molecular formula is C19H20N2O5S2. The second-order valence-corrected chi connectivity index (χ2v) is 10.8. The third-order valence-corrected chi connectivity index (χ3v) is 8.12. The first kappa shape index (κ1) is 19.1. The first-order valence-electron chi connectivity index (χ1n) is 8.91. The standard InChI is InChI=1S/C19H20N2O5S2/c1-27(22,23)17-10-4-5-11-18(17)28(24,25)21-12-6-7-14(13-21)19-20-15-8-2-3-9-16(15)26-19/h2-5,8-11,14H,6-7,12-13H2,1H3. The topological polar surface area (TPSA) is 97.5 Å². The molecule has 0 radical (unpaired) electrons. The van der Waals surface area contributed by atoms with Gasteiger partial charge in [-0.15, -0.1) is 0 Å². The van der Waals surface area contributed by atoms with Gasteiger partial charge < -0.3 is 4.42 Å². The second kappa shape index (κ2) is 6.98. The first-order valence-corrected chi connectivity index (χ1v) is 12.2. The van der Waals surface area contributed by atoms with E-state index in [-0.39, 0.29) is 22.3 Å². The molecule has 0 bridgehead atoms. The van der Waals surface area contributed by atoms with Crippen LogP contribution in [0.1, 0.15) is 24.7 Å². The van der Waals surface area contributed by atoms with Gasteiger partial charge in [-0.2, -0.15) is 4.31 Å². The number of rotatable bonds is 4. The molecule has 1 fully saturated rings. The van der Waals surface area contributed by atoms with E-state index in [9.17, 15) is 16.8 Å². The number of benzene rings is 2. The van der Waals surface area contributed by atoms with Crippen molar-refractivity contribution in [2.45, 2.75) is 28.6 Å². The molecule has 2 aromatic carbocycles.